The molecule has 14 heavy (non-hydrogen) atoms. The van der Waals surface area contributed by atoms with Crippen LogP contribution < -0.4 is 0 Å². The summed E-state index contributed by atoms with van der Waals surface area (Å²) in [5.41, 5.74) is 1.35. The number of nitrogens with zero attached hydrogens (tertiary/aromatic N) is 1. The third-order valence-electron chi connectivity index (χ3n) is 2.08. The summed E-state index contributed by atoms with van der Waals surface area (Å²) in [5.74, 6) is 0.366. The number of hydrogen-bond donors (Lipinski definition) is 0. The standard InChI is InChI=1S/C12H23NO/c1-10(2)7-6-8-12(5)9-13(14)11(3)4/h7,9,11-12H,6,8H2,1-5H3. The molecule has 2 nitrogen and oxygen atoms in total. The Morgan fingerprint density at radius 1 is 1.29 bits per heavy atom. The van der Waals surface area contributed by atoms with Gasteiger partial charge in [-0.15, -0.1) is 0 Å². The van der Waals surface area contributed by atoms with E-state index in [1.807, 2.05) is 13.8 Å². The molecule has 0 spiro atoms. The van der Waals surface area contributed by atoms with Gasteiger partial charge in [0.05, 0.1) is 0 Å². The van der Waals surface area contributed by atoms with Crippen LogP contribution in [0.1, 0.15) is 47.5 Å². The second-order valence-electron chi connectivity index (χ2n) is 4.44. The SMILES string of the molecule is CC(C)=CCCC(C)C=[N+]([O-])C(C)C. The van der Waals surface area contributed by atoms with E-state index in [1.165, 1.54) is 5.57 Å². The second-order valence-corrected chi connectivity index (χ2v) is 4.44. The Labute approximate surface area is 87.9 Å². The molecule has 1 unspecified atom stereocenters. The van der Waals surface area contributed by atoms with Crippen molar-refractivity contribution in [1.29, 1.82) is 0 Å². The van der Waals surface area contributed by atoms with Gasteiger partial charge >= 0.3 is 0 Å². The van der Waals surface area contributed by atoms with Crippen molar-refractivity contribution in [1.82, 2.24) is 0 Å². The summed E-state index contributed by atoms with van der Waals surface area (Å²) in [6.45, 7) is 10.1. The molecule has 0 fully saturated rings. The Morgan fingerprint density at radius 2 is 1.86 bits per heavy atom. The van der Waals surface area contributed by atoms with Gasteiger partial charge in [-0.2, -0.15) is 0 Å². The highest BCUT2D eigenvalue weighted by molar-refractivity contribution is 5.54. The first-order valence-corrected chi connectivity index (χ1v) is 5.37. The van der Waals surface area contributed by atoms with E-state index < -0.39 is 0 Å². The zero-order chi connectivity index (χ0) is 11.1. The fourth-order valence-electron chi connectivity index (χ4n) is 1.13. The van der Waals surface area contributed by atoms with Crippen molar-refractivity contribution >= 4 is 6.21 Å². The van der Waals surface area contributed by atoms with E-state index in [4.69, 9.17) is 0 Å². The number of allylic oxidation sites excluding steroid dienone is 2. The van der Waals surface area contributed by atoms with Gasteiger partial charge in [-0.05, 0) is 40.5 Å². The normalized spacial score (nSPS) is 14.3. The Bertz CT molecular complexity index is 212. The zero-order valence-corrected chi connectivity index (χ0v) is 10.1. The number of hydroxylamine groups is 1. The highest BCUT2D eigenvalue weighted by Crippen LogP contribution is 2.05. The smallest absolute Gasteiger partial charge is 0.157 e. The van der Waals surface area contributed by atoms with Crippen molar-refractivity contribution in [3.8, 4) is 0 Å². The van der Waals surface area contributed by atoms with Crippen molar-refractivity contribution in [2.45, 2.75) is 53.5 Å². The van der Waals surface area contributed by atoms with Crippen LogP contribution in [0.5, 0.6) is 0 Å². The zero-order valence-electron chi connectivity index (χ0n) is 10.1. The van der Waals surface area contributed by atoms with Gasteiger partial charge in [0.1, 0.15) is 0 Å². The molecule has 0 saturated carbocycles. The van der Waals surface area contributed by atoms with Crippen molar-refractivity contribution in [3.05, 3.63) is 16.9 Å². The molecule has 1 atom stereocenters. The lowest BCUT2D eigenvalue weighted by Gasteiger charge is -2.10. The fraction of sp³-hybridized carbons (Fsp3) is 0.750. The molecule has 0 heterocycles. The lowest BCUT2D eigenvalue weighted by Crippen LogP contribution is -2.17. The maximum absolute atomic E-state index is 11.3. The highest BCUT2D eigenvalue weighted by atomic mass is 16.5. The summed E-state index contributed by atoms with van der Waals surface area (Å²) in [6, 6.07) is 0.0564. The Kier molecular flexibility index (Phi) is 6.26. The van der Waals surface area contributed by atoms with Gasteiger partial charge in [-0.1, -0.05) is 18.6 Å². The first kappa shape index (κ1) is 13.2. The van der Waals surface area contributed by atoms with Gasteiger partial charge in [0, 0.05) is 5.92 Å². The van der Waals surface area contributed by atoms with Crippen LogP contribution in [0.3, 0.4) is 0 Å². The molecule has 0 amide bonds. The quantitative estimate of drug-likeness (QED) is 0.218. The first-order chi connectivity index (χ1) is 6.43. The topological polar surface area (TPSA) is 26.1 Å². The predicted octanol–water partition coefficient (Wildman–Crippen LogP) is 3.36. The molecule has 2 heteroatoms. The third-order valence-corrected chi connectivity index (χ3v) is 2.08. The van der Waals surface area contributed by atoms with Crippen LogP contribution in [0.2, 0.25) is 0 Å². The molecule has 0 radical (unpaired) electrons. The molecule has 0 aliphatic heterocycles. The van der Waals surface area contributed by atoms with E-state index in [0.29, 0.717) is 5.92 Å². The molecule has 0 aromatic rings. The van der Waals surface area contributed by atoms with Crippen LogP contribution in [0.15, 0.2) is 11.6 Å². The van der Waals surface area contributed by atoms with E-state index in [-0.39, 0.29) is 6.04 Å². The molecule has 0 aromatic carbocycles. The van der Waals surface area contributed by atoms with Gasteiger partial charge in [-0.3, -0.25) is 0 Å². The number of hydrogen-bond acceptors (Lipinski definition) is 1. The largest absolute Gasteiger partial charge is 0.624 e. The monoisotopic (exact) mass is 197 g/mol. The molecule has 0 rings (SSSR count). The van der Waals surface area contributed by atoms with E-state index in [1.54, 1.807) is 6.21 Å². The van der Waals surface area contributed by atoms with Gasteiger partial charge in [0.25, 0.3) is 0 Å². The van der Waals surface area contributed by atoms with Crippen LogP contribution >= 0.6 is 0 Å². The third kappa shape index (κ3) is 6.70. The molecule has 0 saturated heterocycles. The minimum absolute atomic E-state index is 0.0564. The van der Waals surface area contributed by atoms with Crippen LogP contribution in [0, 0.1) is 11.1 Å². The molecular weight excluding hydrogens is 174 g/mol. The predicted molar refractivity (Wildman–Crippen MR) is 62.7 cm³/mol. The molecule has 82 valence electrons. The molecule has 0 N–H and O–H groups in total. The molecular formula is C12H23NO. The minimum Gasteiger partial charge on any atom is -0.624 e. The van der Waals surface area contributed by atoms with Crippen LogP contribution in [-0.2, 0) is 0 Å². The first-order valence-electron chi connectivity index (χ1n) is 5.37. The molecule has 0 bridgehead atoms. The molecule has 0 aliphatic carbocycles. The summed E-state index contributed by atoms with van der Waals surface area (Å²) in [7, 11) is 0. The van der Waals surface area contributed by atoms with Gasteiger partial charge in [0.2, 0.25) is 0 Å². The molecule has 0 aromatic heterocycles. The lowest BCUT2D eigenvalue weighted by molar-refractivity contribution is -0.489. The van der Waals surface area contributed by atoms with Crippen LogP contribution in [0.25, 0.3) is 0 Å². The lowest BCUT2D eigenvalue weighted by atomic mass is 10.1. The van der Waals surface area contributed by atoms with E-state index >= 15 is 0 Å². The van der Waals surface area contributed by atoms with Gasteiger partial charge in [-0.25, -0.2) is 4.74 Å². The van der Waals surface area contributed by atoms with E-state index in [0.717, 1.165) is 17.6 Å². The Morgan fingerprint density at radius 3 is 2.29 bits per heavy atom. The van der Waals surface area contributed by atoms with E-state index in [9.17, 15) is 5.21 Å². The van der Waals surface area contributed by atoms with Crippen molar-refractivity contribution in [2.75, 3.05) is 0 Å². The highest BCUT2D eigenvalue weighted by Gasteiger charge is 2.05. The van der Waals surface area contributed by atoms with E-state index in [2.05, 4.69) is 26.8 Å². The average Bonchev–Trinajstić information content (AvgIpc) is 2.02. The second kappa shape index (κ2) is 6.63. The summed E-state index contributed by atoms with van der Waals surface area (Å²) < 4.78 is 1.05. The number of rotatable bonds is 5. The van der Waals surface area contributed by atoms with Crippen LogP contribution in [-0.4, -0.2) is 17.0 Å². The van der Waals surface area contributed by atoms with Crippen molar-refractivity contribution in [3.63, 3.8) is 0 Å². The maximum atomic E-state index is 11.3. The van der Waals surface area contributed by atoms with Gasteiger partial charge in [0.15, 0.2) is 12.3 Å². The van der Waals surface area contributed by atoms with Gasteiger partial charge < -0.3 is 5.21 Å². The Hall–Kier alpha value is -0.790. The van der Waals surface area contributed by atoms with Crippen molar-refractivity contribution < 1.29 is 4.74 Å². The van der Waals surface area contributed by atoms with Crippen molar-refractivity contribution in [2.24, 2.45) is 5.92 Å². The average molecular weight is 197 g/mol. The minimum atomic E-state index is 0.0564. The summed E-state index contributed by atoms with van der Waals surface area (Å²) in [5, 5.41) is 11.3. The summed E-state index contributed by atoms with van der Waals surface area (Å²) >= 11 is 0. The Balaban J connectivity index is 3.92. The summed E-state index contributed by atoms with van der Waals surface area (Å²) in [6.07, 6.45) is 6.11. The molecule has 0 aliphatic rings. The van der Waals surface area contributed by atoms with Crippen LogP contribution in [0.4, 0.5) is 0 Å². The maximum Gasteiger partial charge on any atom is 0.157 e. The fourth-order valence-corrected chi connectivity index (χ4v) is 1.13. The summed E-state index contributed by atoms with van der Waals surface area (Å²) in [4.78, 5) is 0.